The van der Waals surface area contributed by atoms with Gasteiger partial charge in [-0.2, -0.15) is 0 Å². The van der Waals surface area contributed by atoms with Crippen LogP contribution in [0.25, 0.3) is 5.57 Å². The van der Waals surface area contributed by atoms with E-state index in [0.29, 0.717) is 22.8 Å². The molecule has 26 heavy (non-hydrogen) atoms. The first-order valence-corrected chi connectivity index (χ1v) is 9.70. The van der Waals surface area contributed by atoms with Crippen LogP contribution in [0, 0.1) is 0 Å². The zero-order valence-corrected chi connectivity index (χ0v) is 16.3. The first-order valence-electron chi connectivity index (χ1n) is 9.32. The van der Waals surface area contributed by atoms with Gasteiger partial charge in [0.1, 0.15) is 5.70 Å². The molecule has 0 aromatic heterocycles. The van der Waals surface area contributed by atoms with Crippen molar-refractivity contribution in [3.63, 3.8) is 0 Å². The highest BCUT2D eigenvalue weighted by molar-refractivity contribution is 6.36. The molecule has 3 rings (SSSR count). The molecule has 2 aliphatic rings. The van der Waals surface area contributed by atoms with Crippen molar-refractivity contribution in [1.29, 1.82) is 0 Å². The summed E-state index contributed by atoms with van der Waals surface area (Å²) in [5.74, 6) is -0.331. The lowest BCUT2D eigenvalue weighted by atomic mass is 10.0. The first kappa shape index (κ1) is 18.9. The van der Waals surface area contributed by atoms with E-state index in [9.17, 15) is 9.59 Å². The summed E-state index contributed by atoms with van der Waals surface area (Å²) in [7, 11) is 2.07. The number of amides is 2. The molecule has 5 nitrogen and oxygen atoms in total. The fraction of sp³-hybridized carbons (Fsp3) is 0.500. The van der Waals surface area contributed by atoms with Crippen molar-refractivity contribution in [3.8, 4) is 0 Å². The summed E-state index contributed by atoms with van der Waals surface area (Å²) >= 11 is 6.00. The van der Waals surface area contributed by atoms with Crippen LogP contribution in [0.15, 0.2) is 30.0 Å². The number of hydrogen-bond donors (Lipinski definition) is 0. The molecule has 1 saturated heterocycles. The summed E-state index contributed by atoms with van der Waals surface area (Å²) in [5, 5.41) is 0.618. The maximum Gasteiger partial charge on any atom is 0.277 e. The molecule has 6 heteroatoms. The molecule has 2 aliphatic heterocycles. The van der Waals surface area contributed by atoms with Crippen LogP contribution in [0.3, 0.4) is 0 Å². The van der Waals surface area contributed by atoms with Crippen molar-refractivity contribution in [2.45, 2.75) is 26.2 Å². The topological polar surface area (TPSA) is 43.9 Å². The van der Waals surface area contributed by atoms with E-state index in [1.54, 1.807) is 12.1 Å². The molecular weight excluding hydrogens is 350 g/mol. The molecule has 0 atom stereocenters. The maximum absolute atomic E-state index is 13.1. The molecule has 0 aliphatic carbocycles. The number of carbonyl (C=O) groups excluding carboxylic acids is 2. The molecule has 140 valence electrons. The highest BCUT2D eigenvalue weighted by Crippen LogP contribution is 2.32. The lowest BCUT2D eigenvalue weighted by Gasteiger charge is -2.34. The standard InChI is InChI=1S/C20H26ClN3O2/c1-3-4-5-10-24-19(25)17(15-6-8-16(21)9-7-15)18(20(24)26)23-13-11-22(2)12-14-23/h6-9H,3-5,10-14H2,1-2H3. The van der Waals surface area contributed by atoms with Gasteiger partial charge < -0.3 is 9.80 Å². The molecule has 0 radical (unpaired) electrons. The molecule has 1 fully saturated rings. The number of halogens is 1. The van der Waals surface area contributed by atoms with Crippen LogP contribution < -0.4 is 0 Å². The lowest BCUT2D eigenvalue weighted by molar-refractivity contribution is -0.137. The summed E-state index contributed by atoms with van der Waals surface area (Å²) < 4.78 is 0. The Bertz CT molecular complexity index is 706. The predicted octanol–water partition coefficient (Wildman–Crippen LogP) is 2.86. The number of piperazine rings is 1. The quantitative estimate of drug-likeness (QED) is 0.566. The van der Waals surface area contributed by atoms with Crippen LogP contribution in [-0.2, 0) is 9.59 Å². The molecule has 1 aromatic rings. The molecule has 0 bridgehead atoms. The highest BCUT2D eigenvalue weighted by atomic mass is 35.5. The van der Waals surface area contributed by atoms with E-state index in [2.05, 4.69) is 23.8 Å². The number of carbonyl (C=O) groups is 2. The Balaban J connectivity index is 1.95. The van der Waals surface area contributed by atoms with Crippen LogP contribution in [0.2, 0.25) is 5.02 Å². The molecule has 0 N–H and O–H groups in total. The minimum atomic E-state index is -0.178. The third-order valence-corrected chi connectivity index (χ3v) is 5.33. The number of nitrogens with zero attached hydrogens (tertiary/aromatic N) is 3. The molecule has 0 spiro atoms. The summed E-state index contributed by atoms with van der Waals surface area (Å²) in [6.07, 6.45) is 2.91. The van der Waals surface area contributed by atoms with E-state index < -0.39 is 0 Å². The predicted molar refractivity (Wildman–Crippen MR) is 104 cm³/mol. The second-order valence-electron chi connectivity index (χ2n) is 6.99. The van der Waals surface area contributed by atoms with Gasteiger partial charge in [-0.3, -0.25) is 14.5 Å². The van der Waals surface area contributed by atoms with Crippen molar-refractivity contribution >= 4 is 29.0 Å². The smallest absolute Gasteiger partial charge is 0.277 e. The third-order valence-electron chi connectivity index (χ3n) is 5.08. The lowest BCUT2D eigenvalue weighted by Crippen LogP contribution is -2.46. The van der Waals surface area contributed by atoms with Gasteiger partial charge in [-0.1, -0.05) is 43.5 Å². The fourth-order valence-electron chi connectivity index (χ4n) is 3.49. The van der Waals surface area contributed by atoms with E-state index in [1.807, 2.05) is 12.1 Å². The first-order chi connectivity index (χ1) is 12.5. The number of rotatable bonds is 6. The SMILES string of the molecule is CCCCCN1C(=O)C(c2ccc(Cl)cc2)=C(N2CCN(C)CC2)C1=O. The average molecular weight is 376 g/mol. The molecule has 2 amide bonds. The summed E-state index contributed by atoms with van der Waals surface area (Å²) in [4.78, 5) is 31.9. The minimum Gasteiger partial charge on any atom is -0.364 e. The van der Waals surface area contributed by atoms with Crippen LogP contribution in [-0.4, -0.2) is 66.3 Å². The Hall–Kier alpha value is -1.85. The zero-order valence-electron chi connectivity index (χ0n) is 15.5. The van der Waals surface area contributed by atoms with Crippen LogP contribution in [0.5, 0.6) is 0 Å². The number of unbranched alkanes of at least 4 members (excludes halogenated alkanes) is 2. The number of hydrogen-bond acceptors (Lipinski definition) is 4. The molecular formula is C20H26ClN3O2. The fourth-order valence-corrected chi connectivity index (χ4v) is 3.61. The Morgan fingerprint density at radius 1 is 0.962 bits per heavy atom. The Kier molecular flexibility index (Phi) is 5.99. The van der Waals surface area contributed by atoms with E-state index in [4.69, 9.17) is 11.6 Å². The summed E-state index contributed by atoms with van der Waals surface area (Å²) in [6, 6.07) is 7.19. The monoisotopic (exact) mass is 375 g/mol. The molecule has 0 unspecified atom stereocenters. The zero-order chi connectivity index (χ0) is 18.7. The van der Waals surface area contributed by atoms with Gasteiger partial charge >= 0.3 is 0 Å². The van der Waals surface area contributed by atoms with Crippen molar-refractivity contribution in [2.75, 3.05) is 39.8 Å². The van der Waals surface area contributed by atoms with E-state index in [1.165, 1.54) is 4.90 Å². The molecule has 0 saturated carbocycles. The van der Waals surface area contributed by atoms with Crippen LogP contribution >= 0.6 is 11.6 Å². The molecule has 1 aromatic carbocycles. The van der Waals surface area contributed by atoms with Gasteiger partial charge in [-0.15, -0.1) is 0 Å². The Labute approximate surface area is 160 Å². The van der Waals surface area contributed by atoms with E-state index >= 15 is 0 Å². The number of benzene rings is 1. The maximum atomic E-state index is 13.1. The third kappa shape index (κ3) is 3.79. The van der Waals surface area contributed by atoms with Gasteiger partial charge in [-0.05, 0) is 31.2 Å². The van der Waals surface area contributed by atoms with Gasteiger partial charge in [-0.25, -0.2) is 0 Å². The second-order valence-corrected chi connectivity index (χ2v) is 7.43. The number of imide groups is 1. The van der Waals surface area contributed by atoms with Gasteiger partial charge in [0.2, 0.25) is 0 Å². The van der Waals surface area contributed by atoms with Gasteiger partial charge in [0.25, 0.3) is 11.8 Å². The normalized spacial score (nSPS) is 19.0. The van der Waals surface area contributed by atoms with Crippen molar-refractivity contribution in [2.24, 2.45) is 0 Å². The van der Waals surface area contributed by atoms with Crippen molar-refractivity contribution in [1.82, 2.24) is 14.7 Å². The average Bonchev–Trinajstić information content (AvgIpc) is 2.88. The van der Waals surface area contributed by atoms with Crippen molar-refractivity contribution in [3.05, 3.63) is 40.5 Å². The number of likely N-dealkylation sites (N-methyl/N-ethyl adjacent to an activating group) is 1. The summed E-state index contributed by atoms with van der Waals surface area (Å²) in [6.45, 7) is 5.87. The van der Waals surface area contributed by atoms with Crippen LogP contribution in [0.1, 0.15) is 31.7 Å². The van der Waals surface area contributed by atoms with Crippen LogP contribution in [0.4, 0.5) is 0 Å². The van der Waals surface area contributed by atoms with E-state index in [-0.39, 0.29) is 11.8 Å². The Morgan fingerprint density at radius 3 is 2.23 bits per heavy atom. The minimum absolute atomic E-state index is 0.152. The largest absolute Gasteiger partial charge is 0.364 e. The molecule has 2 heterocycles. The van der Waals surface area contributed by atoms with E-state index in [0.717, 1.165) is 51.0 Å². The van der Waals surface area contributed by atoms with Gasteiger partial charge in [0.05, 0.1) is 5.57 Å². The Morgan fingerprint density at radius 2 is 1.62 bits per heavy atom. The summed E-state index contributed by atoms with van der Waals surface area (Å²) in [5.41, 5.74) is 1.84. The van der Waals surface area contributed by atoms with Gasteiger partial charge in [0.15, 0.2) is 0 Å². The van der Waals surface area contributed by atoms with Gasteiger partial charge in [0, 0.05) is 37.7 Å². The second kappa shape index (κ2) is 8.23. The highest BCUT2D eigenvalue weighted by Gasteiger charge is 2.41. The van der Waals surface area contributed by atoms with Crippen molar-refractivity contribution < 1.29 is 9.59 Å².